The molecule has 0 heterocycles. The maximum absolute atomic E-state index is 7.71. The predicted octanol–water partition coefficient (Wildman–Crippen LogP) is 3.97. The van der Waals surface area contributed by atoms with Crippen molar-refractivity contribution in [2.24, 2.45) is 5.73 Å². The van der Waals surface area contributed by atoms with Gasteiger partial charge in [0, 0.05) is 24.2 Å². The lowest BCUT2D eigenvalue weighted by Crippen LogP contribution is -2.17. The van der Waals surface area contributed by atoms with E-state index in [1.807, 2.05) is 24.3 Å². The molecule has 0 saturated heterocycles. The van der Waals surface area contributed by atoms with E-state index in [9.17, 15) is 0 Å². The lowest BCUT2D eigenvalue weighted by Gasteiger charge is -2.08. The van der Waals surface area contributed by atoms with Gasteiger partial charge in [-0.25, -0.2) is 0 Å². The van der Waals surface area contributed by atoms with E-state index in [2.05, 4.69) is 23.5 Å². The van der Waals surface area contributed by atoms with E-state index in [1.54, 1.807) is 7.05 Å². The van der Waals surface area contributed by atoms with E-state index in [0.29, 0.717) is 12.4 Å². The van der Waals surface area contributed by atoms with Crippen LogP contribution in [0.1, 0.15) is 22.3 Å². The number of hydrogen-bond acceptors (Lipinski definition) is 2. The molecule has 6 heteroatoms. The molecule has 0 unspecified atom stereocenters. The van der Waals surface area contributed by atoms with Gasteiger partial charge in [0.25, 0.3) is 0 Å². The van der Waals surface area contributed by atoms with Gasteiger partial charge < -0.3 is 11.1 Å². The summed E-state index contributed by atoms with van der Waals surface area (Å²) in [7, 11) is 1.75. The van der Waals surface area contributed by atoms with Gasteiger partial charge in [0.05, 0.1) is 0 Å². The van der Waals surface area contributed by atoms with Crippen molar-refractivity contribution in [3.63, 3.8) is 0 Å². The van der Waals surface area contributed by atoms with Crippen LogP contribution in [-0.4, -0.2) is 12.9 Å². The molecule has 0 amide bonds. The maximum Gasteiger partial charge on any atom is 0.125 e. The fourth-order valence-corrected chi connectivity index (χ4v) is 2.48. The largest absolute Gasteiger partial charge is 0.373 e. The summed E-state index contributed by atoms with van der Waals surface area (Å²) in [6, 6.07) is 14.1. The summed E-state index contributed by atoms with van der Waals surface area (Å²) in [5, 5.41) is 11.3. The third-order valence-electron chi connectivity index (χ3n) is 3.53. The third-order valence-corrected chi connectivity index (χ3v) is 3.88. The van der Waals surface area contributed by atoms with Crippen molar-refractivity contribution in [3.05, 3.63) is 69.7 Å². The maximum atomic E-state index is 7.71. The average molecular weight is 375 g/mol. The van der Waals surface area contributed by atoms with Crippen molar-refractivity contribution in [1.29, 1.82) is 5.41 Å². The van der Waals surface area contributed by atoms with Crippen LogP contribution in [-0.2, 0) is 19.4 Å². The second-order valence-electron chi connectivity index (χ2n) is 4.95. The molecule has 0 radical (unpaired) electrons. The first-order valence-electron chi connectivity index (χ1n) is 6.97. The van der Waals surface area contributed by atoms with E-state index < -0.39 is 0 Å². The molecule has 2 rings (SSSR count). The Bertz CT molecular complexity index is 627. The van der Waals surface area contributed by atoms with E-state index in [1.165, 1.54) is 5.56 Å². The number of rotatable bonds is 5. The summed E-state index contributed by atoms with van der Waals surface area (Å²) < 4.78 is 0. The van der Waals surface area contributed by atoms with Gasteiger partial charge in [0.15, 0.2) is 0 Å². The monoisotopic (exact) mass is 373 g/mol. The zero-order valence-electron chi connectivity index (χ0n) is 12.9. The van der Waals surface area contributed by atoms with Crippen molar-refractivity contribution in [2.75, 3.05) is 7.05 Å². The SMILES string of the molecule is CNC(=N)c1ccc(CCc2ccc(CN)cc2Cl)cc1.Cl.Cl. The molecule has 0 atom stereocenters. The Kier molecular flexibility index (Phi) is 9.93. The van der Waals surface area contributed by atoms with Gasteiger partial charge in [-0.15, -0.1) is 24.8 Å². The Labute approximate surface area is 154 Å². The minimum Gasteiger partial charge on any atom is -0.373 e. The lowest BCUT2D eigenvalue weighted by atomic mass is 10.0. The van der Waals surface area contributed by atoms with Crippen molar-refractivity contribution >= 4 is 42.3 Å². The molecule has 0 bridgehead atoms. The summed E-state index contributed by atoms with van der Waals surface area (Å²) in [5.74, 6) is 0.432. The Morgan fingerprint density at radius 2 is 1.65 bits per heavy atom. The zero-order chi connectivity index (χ0) is 15.2. The molecule has 0 saturated carbocycles. The van der Waals surface area contributed by atoms with Crippen LogP contribution < -0.4 is 11.1 Å². The number of nitrogens with one attached hydrogen (secondary N) is 2. The van der Waals surface area contributed by atoms with Gasteiger partial charge in [-0.1, -0.05) is 48.0 Å². The first-order chi connectivity index (χ1) is 10.1. The molecule has 2 aromatic rings. The van der Waals surface area contributed by atoms with Crippen LogP contribution in [0.2, 0.25) is 5.02 Å². The number of halogens is 3. The van der Waals surface area contributed by atoms with E-state index in [0.717, 1.165) is 34.6 Å². The summed E-state index contributed by atoms with van der Waals surface area (Å²) >= 11 is 6.27. The Hall–Kier alpha value is -1.26. The summed E-state index contributed by atoms with van der Waals surface area (Å²) in [6.45, 7) is 0.513. The Balaban J connectivity index is 0.00000242. The van der Waals surface area contributed by atoms with Gasteiger partial charge in [-0.2, -0.15) is 0 Å². The predicted molar refractivity (Wildman–Crippen MR) is 104 cm³/mol. The number of hydrogen-bond donors (Lipinski definition) is 3. The van der Waals surface area contributed by atoms with Crippen molar-refractivity contribution < 1.29 is 0 Å². The van der Waals surface area contributed by atoms with Crippen LogP contribution in [0, 0.1) is 5.41 Å². The minimum atomic E-state index is 0. The molecule has 0 aliphatic heterocycles. The minimum absolute atomic E-state index is 0. The highest BCUT2D eigenvalue weighted by Gasteiger charge is 2.03. The number of aryl methyl sites for hydroxylation is 2. The van der Waals surface area contributed by atoms with Gasteiger partial charge >= 0.3 is 0 Å². The molecule has 0 aromatic heterocycles. The number of amidine groups is 1. The molecule has 0 aliphatic rings. The van der Waals surface area contributed by atoms with E-state index in [4.69, 9.17) is 22.7 Å². The van der Waals surface area contributed by atoms with Crippen molar-refractivity contribution in [1.82, 2.24) is 5.32 Å². The molecule has 126 valence electrons. The van der Waals surface area contributed by atoms with Crippen LogP contribution in [0.25, 0.3) is 0 Å². The zero-order valence-corrected chi connectivity index (χ0v) is 15.3. The molecule has 23 heavy (non-hydrogen) atoms. The highest BCUT2D eigenvalue weighted by atomic mass is 35.5. The van der Waals surface area contributed by atoms with E-state index >= 15 is 0 Å². The van der Waals surface area contributed by atoms with Gasteiger partial charge in [0.2, 0.25) is 0 Å². The van der Waals surface area contributed by atoms with Crippen LogP contribution in [0.4, 0.5) is 0 Å². The second kappa shape index (κ2) is 10.5. The lowest BCUT2D eigenvalue weighted by molar-refractivity contribution is 0.955. The average Bonchev–Trinajstić information content (AvgIpc) is 2.53. The van der Waals surface area contributed by atoms with Gasteiger partial charge in [-0.05, 0) is 35.6 Å². The van der Waals surface area contributed by atoms with Crippen LogP contribution in [0.15, 0.2) is 42.5 Å². The second-order valence-corrected chi connectivity index (χ2v) is 5.36. The van der Waals surface area contributed by atoms with Gasteiger partial charge in [0.1, 0.15) is 5.84 Å². The quantitative estimate of drug-likeness (QED) is 0.547. The summed E-state index contributed by atoms with van der Waals surface area (Å²) in [5.41, 5.74) is 9.93. The topological polar surface area (TPSA) is 61.9 Å². The fraction of sp³-hybridized carbons (Fsp3) is 0.235. The fourth-order valence-electron chi connectivity index (χ4n) is 2.18. The number of benzene rings is 2. The van der Waals surface area contributed by atoms with Crippen molar-refractivity contribution in [3.8, 4) is 0 Å². The normalized spacial score (nSPS) is 9.52. The highest BCUT2D eigenvalue weighted by Crippen LogP contribution is 2.20. The highest BCUT2D eigenvalue weighted by molar-refractivity contribution is 6.31. The van der Waals surface area contributed by atoms with Crippen LogP contribution in [0.5, 0.6) is 0 Å². The molecular formula is C17H22Cl3N3. The molecule has 0 spiro atoms. The smallest absolute Gasteiger partial charge is 0.125 e. The summed E-state index contributed by atoms with van der Waals surface area (Å²) in [6.07, 6.45) is 1.82. The molecule has 2 aromatic carbocycles. The Morgan fingerprint density at radius 1 is 1.04 bits per heavy atom. The van der Waals surface area contributed by atoms with Crippen LogP contribution >= 0.6 is 36.4 Å². The third kappa shape index (κ3) is 6.04. The van der Waals surface area contributed by atoms with Crippen molar-refractivity contribution in [2.45, 2.75) is 19.4 Å². The van der Waals surface area contributed by atoms with Gasteiger partial charge in [-0.3, -0.25) is 5.41 Å². The Morgan fingerprint density at radius 3 is 2.17 bits per heavy atom. The molecule has 4 N–H and O–H groups in total. The first kappa shape index (κ1) is 21.7. The standard InChI is InChI=1S/C17H20ClN3.2ClH/c1-21-17(20)15-8-3-12(4-9-15)2-6-14-7-5-13(11-19)10-16(14)18;;/h3-5,7-10H,2,6,11,19H2,1H3,(H2,20,21);2*1H. The van der Waals surface area contributed by atoms with E-state index in [-0.39, 0.29) is 24.8 Å². The van der Waals surface area contributed by atoms with Crippen LogP contribution in [0.3, 0.4) is 0 Å². The molecule has 0 aliphatic carbocycles. The molecule has 3 nitrogen and oxygen atoms in total. The number of nitrogens with two attached hydrogens (primary N) is 1. The molecule has 0 fully saturated rings. The summed E-state index contributed by atoms with van der Waals surface area (Å²) in [4.78, 5) is 0. The first-order valence-corrected chi connectivity index (χ1v) is 7.35. The molecular weight excluding hydrogens is 353 g/mol.